The molecule has 1 heterocycles. The Hall–Kier alpha value is -2.90. The number of benzene rings is 2. The maximum absolute atomic E-state index is 12.2. The fourth-order valence-corrected chi connectivity index (χ4v) is 4.25. The van der Waals surface area contributed by atoms with E-state index in [0.717, 1.165) is 41.3 Å². The summed E-state index contributed by atoms with van der Waals surface area (Å²) in [5.41, 5.74) is 3.36. The maximum atomic E-state index is 12.2. The zero-order valence-electron chi connectivity index (χ0n) is 17.9. The van der Waals surface area contributed by atoms with Gasteiger partial charge in [-0.05, 0) is 30.2 Å². The van der Waals surface area contributed by atoms with Crippen molar-refractivity contribution >= 4 is 39.9 Å². The molecule has 0 aliphatic rings. The molecule has 32 heavy (non-hydrogen) atoms. The largest absolute Gasteiger partial charge is 0.481 e. The quantitative estimate of drug-likeness (QED) is 0.387. The normalized spacial score (nSPS) is 10.7. The van der Waals surface area contributed by atoms with Gasteiger partial charge in [0.1, 0.15) is 0 Å². The summed E-state index contributed by atoms with van der Waals surface area (Å²) in [4.78, 5) is 29.8. The molecule has 0 bridgehead atoms. The van der Waals surface area contributed by atoms with Gasteiger partial charge in [0.2, 0.25) is 0 Å². The predicted molar refractivity (Wildman–Crippen MR) is 130 cm³/mol. The van der Waals surface area contributed by atoms with Crippen LogP contribution < -0.4 is 10.2 Å². The Morgan fingerprint density at radius 3 is 2.59 bits per heavy atom. The van der Waals surface area contributed by atoms with Crippen LogP contribution in [0.1, 0.15) is 42.1 Å². The SMILES string of the molecule is CCCCN(Cc1ccc(C(=O)NCCC(=O)O)cc1)c1nc(-c2ccccc2Cl)cs1. The number of nitrogens with one attached hydrogen (secondary N) is 1. The lowest BCUT2D eigenvalue weighted by atomic mass is 10.1. The van der Waals surface area contributed by atoms with Gasteiger partial charge in [-0.1, -0.05) is 55.3 Å². The minimum atomic E-state index is -0.937. The molecule has 3 aromatic rings. The van der Waals surface area contributed by atoms with Gasteiger partial charge in [0.05, 0.1) is 12.1 Å². The molecule has 1 aromatic heterocycles. The molecule has 8 heteroatoms. The molecule has 3 rings (SSSR count). The van der Waals surface area contributed by atoms with E-state index in [9.17, 15) is 9.59 Å². The summed E-state index contributed by atoms with van der Waals surface area (Å²) < 4.78 is 0. The number of hydrogen-bond donors (Lipinski definition) is 2. The van der Waals surface area contributed by atoms with E-state index in [-0.39, 0.29) is 18.9 Å². The molecule has 2 aromatic carbocycles. The number of nitrogens with zero attached hydrogens (tertiary/aromatic N) is 2. The molecule has 2 N–H and O–H groups in total. The third kappa shape index (κ3) is 6.55. The summed E-state index contributed by atoms with van der Waals surface area (Å²) in [6.45, 7) is 3.82. The number of aliphatic carboxylic acids is 1. The monoisotopic (exact) mass is 471 g/mol. The Balaban J connectivity index is 1.70. The number of thiazole rings is 1. The average Bonchev–Trinajstić information content (AvgIpc) is 3.27. The Morgan fingerprint density at radius 2 is 1.91 bits per heavy atom. The molecule has 6 nitrogen and oxygen atoms in total. The molecule has 1 amide bonds. The highest BCUT2D eigenvalue weighted by Crippen LogP contribution is 2.32. The lowest BCUT2D eigenvalue weighted by Gasteiger charge is -2.22. The molecule has 0 radical (unpaired) electrons. The van der Waals surface area contributed by atoms with Crippen LogP contribution in [0.25, 0.3) is 11.3 Å². The van der Waals surface area contributed by atoms with Crippen molar-refractivity contribution in [2.24, 2.45) is 0 Å². The summed E-state index contributed by atoms with van der Waals surface area (Å²) in [6, 6.07) is 15.1. The Morgan fingerprint density at radius 1 is 1.16 bits per heavy atom. The van der Waals surface area contributed by atoms with Crippen molar-refractivity contribution in [3.8, 4) is 11.3 Å². The van der Waals surface area contributed by atoms with E-state index in [0.29, 0.717) is 17.1 Å². The van der Waals surface area contributed by atoms with Gasteiger partial charge in [-0.25, -0.2) is 4.98 Å². The number of aromatic nitrogens is 1. The standard InChI is InChI=1S/C24H26ClN3O3S/c1-2-3-14-28(24-27-21(16-32-24)19-6-4-5-7-20(19)25)15-17-8-10-18(11-9-17)23(31)26-13-12-22(29)30/h4-11,16H,2-3,12-15H2,1H3,(H,26,31)(H,29,30). The number of hydrogen-bond acceptors (Lipinski definition) is 5. The van der Waals surface area contributed by atoms with Crippen LogP contribution >= 0.6 is 22.9 Å². The number of amides is 1. The van der Waals surface area contributed by atoms with Gasteiger partial charge in [0.25, 0.3) is 5.91 Å². The molecule has 0 aliphatic carbocycles. The summed E-state index contributed by atoms with van der Waals surface area (Å²) >= 11 is 7.93. The molecule has 0 aliphatic heterocycles. The second-order valence-electron chi connectivity index (χ2n) is 7.37. The lowest BCUT2D eigenvalue weighted by Crippen LogP contribution is -2.26. The topological polar surface area (TPSA) is 82.5 Å². The summed E-state index contributed by atoms with van der Waals surface area (Å²) in [6.07, 6.45) is 2.03. The zero-order chi connectivity index (χ0) is 22.9. The van der Waals surface area contributed by atoms with Crippen molar-refractivity contribution in [2.45, 2.75) is 32.7 Å². The van der Waals surface area contributed by atoms with Crippen molar-refractivity contribution in [1.29, 1.82) is 0 Å². The number of halogens is 1. The number of rotatable bonds is 11. The Kier molecular flexibility index (Phi) is 8.64. The minimum Gasteiger partial charge on any atom is -0.481 e. The Labute approximate surface area is 196 Å². The molecule has 0 atom stereocenters. The zero-order valence-corrected chi connectivity index (χ0v) is 19.5. The number of carboxylic acids is 1. The molecular weight excluding hydrogens is 446 g/mol. The number of anilines is 1. The number of carbonyl (C=O) groups excluding carboxylic acids is 1. The summed E-state index contributed by atoms with van der Waals surface area (Å²) in [5.74, 6) is -1.21. The molecule has 0 saturated heterocycles. The molecule has 168 valence electrons. The van der Waals surface area contributed by atoms with Crippen LogP contribution in [0.4, 0.5) is 5.13 Å². The molecule has 0 spiro atoms. The van der Waals surface area contributed by atoms with E-state index in [2.05, 4.69) is 17.1 Å². The second kappa shape index (κ2) is 11.6. The van der Waals surface area contributed by atoms with E-state index in [1.807, 2.05) is 41.8 Å². The van der Waals surface area contributed by atoms with Crippen molar-refractivity contribution in [2.75, 3.05) is 18.0 Å². The van der Waals surface area contributed by atoms with Crippen molar-refractivity contribution in [3.05, 3.63) is 70.1 Å². The summed E-state index contributed by atoms with van der Waals surface area (Å²) in [5, 5.41) is 14.9. The van der Waals surface area contributed by atoms with Crippen molar-refractivity contribution in [3.63, 3.8) is 0 Å². The molecule has 0 saturated carbocycles. The third-order valence-electron chi connectivity index (χ3n) is 4.91. The Bertz CT molecular complexity index is 1050. The third-order valence-corrected chi connectivity index (χ3v) is 6.14. The van der Waals surface area contributed by atoms with Crippen LogP contribution in [0.5, 0.6) is 0 Å². The van der Waals surface area contributed by atoms with Gasteiger partial charge < -0.3 is 15.3 Å². The van der Waals surface area contributed by atoms with Gasteiger partial charge in [-0.2, -0.15) is 0 Å². The highest BCUT2D eigenvalue weighted by atomic mass is 35.5. The first kappa shape index (κ1) is 23.8. The number of unbranched alkanes of at least 4 members (excludes halogenated alkanes) is 1. The van der Waals surface area contributed by atoms with Gasteiger partial charge in [-0.15, -0.1) is 11.3 Å². The van der Waals surface area contributed by atoms with Gasteiger partial charge in [0, 0.05) is 41.2 Å². The first-order chi connectivity index (χ1) is 15.5. The van der Waals surface area contributed by atoms with Crippen LogP contribution in [0.2, 0.25) is 5.02 Å². The lowest BCUT2D eigenvalue weighted by molar-refractivity contribution is -0.136. The molecular formula is C24H26ClN3O3S. The highest BCUT2D eigenvalue weighted by Gasteiger charge is 2.14. The van der Waals surface area contributed by atoms with Crippen LogP contribution in [0.3, 0.4) is 0 Å². The number of carboxylic acid groups (broad SMARTS) is 1. The smallest absolute Gasteiger partial charge is 0.305 e. The molecule has 0 unspecified atom stereocenters. The number of carbonyl (C=O) groups is 2. The fraction of sp³-hybridized carbons (Fsp3) is 0.292. The first-order valence-electron chi connectivity index (χ1n) is 10.5. The van der Waals surface area contributed by atoms with Crippen LogP contribution in [-0.2, 0) is 11.3 Å². The van der Waals surface area contributed by atoms with E-state index < -0.39 is 5.97 Å². The first-order valence-corrected chi connectivity index (χ1v) is 11.8. The van der Waals surface area contributed by atoms with Crippen LogP contribution in [0, 0.1) is 0 Å². The van der Waals surface area contributed by atoms with E-state index >= 15 is 0 Å². The van der Waals surface area contributed by atoms with Crippen LogP contribution in [0.15, 0.2) is 53.9 Å². The van der Waals surface area contributed by atoms with Crippen LogP contribution in [-0.4, -0.2) is 35.1 Å². The highest BCUT2D eigenvalue weighted by molar-refractivity contribution is 7.14. The van der Waals surface area contributed by atoms with Crippen molar-refractivity contribution < 1.29 is 14.7 Å². The summed E-state index contributed by atoms with van der Waals surface area (Å²) in [7, 11) is 0. The maximum Gasteiger partial charge on any atom is 0.305 e. The van der Waals surface area contributed by atoms with Crippen molar-refractivity contribution in [1.82, 2.24) is 10.3 Å². The van der Waals surface area contributed by atoms with E-state index in [1.165, 1.54) is 0 Å². The van der Waals surface area contributed by atoms with Gasteiger partial charge in [-0.3, -0.25) is 9.59 Å². The van der Waals surface area contributed by atoms with Gasteiger partial charge >= 0.3 is 5.97 Å². The fourth-order valence-electron chi connectivity index (χ4n) is 3.16. The van der Waals surface area contributed by atoms with E-state index in [1.54, 1.807) is 23.5 Å². The second-order valence-corrected chi connectivity index (χ2v) is 8.61. The minimum absolute atomic E-state index is 0.0970. The predicted octanol–water partition coefficient (Wildman–Crippen LogP) is 5.47. The molecule has 0 fully saturated rings. The van der Waals surface area contributed by atoms with Gasteiger partial charge in [0.15, 0.2) is 5.13 Å². The van der Waals surface area contributed by atoms with E-state index in [4.69, 9.17) is 21.7 Å². The average molecular weight is 472 g/mol.